The maximum atomic E-state index is 12.4. The van der Waals surface area contributed by atoms with Gasteiger partial charge in [-0.3, -0.25) is 4.79 Å². The first-order valence-corrected chi connectivity index (χ1v) is 5.82. The molecule has 0 spiro atoms. The van der Waals surface area contributed by atoms with Crippen molar-refractivity contribution in [2.45, 2.75) is 32.0 Å². The van der Waals surface area contributed by atoms with Gasteiger partial charge in [0, 0.05) is 5.56 Å². The van der Waals surface area contributed by atoms with Crippen molar-refractivity contribution in [3.8, 4) is 0 Å². The summed E-state index contributed by atoms with van der Waals surface area (Å²) < 4.78 is 37.1. The van der Waals surface area contributed by atoms with Gasteiger partial charge in [0.25, 0.3) is 5.91 Å². The second-order valence-electron chi connectivity index (χ2n) is 4.60. The zero-order valence-corrected chi connectivity index (χ0v) is 10.7. The summed E-state index contributed by atoms with van der Waals surface area (Å²) in [6, 6.07) is 3.95. The van der Waals surface area contributed by atoms with Gasteiger partial charge in [0.05, 0.1) is 17.7 Å². The van der Waals surface area contributed by atoms with Gasteiger partial charge in [0.15, 0.2) is 0 Å². The molecular weight excluding hydrogens is 259 g/mol. The molecule has 0 aliphatic carbocycles. The van der Waals surface area contributed by atoms with Gasteiger partial charge in [-0.25, -0.2) is 0 Å². The lowest BCUT2D eigenvalue weighted by Crippen LogP contribution is -2.48. The molecule has 1 rings (SSSR count). The van der Waals surface area contributed by atoms with Crippen molar-refractivity contribution in [3.05, 3.63) is 35.4 Å². The average Bonchev–Trinajstić information content (AvgIpc) is 2.37. The second-order valence-corrected chi connectivity index (χ2v) is 4.60. The molecule has 0 fully saturated rings. The van der Waals surface area contributed by atoms with Gasteiger partial charge in [0.2, 0.25) is 0 Å². The van der Waals surface area contributed by atoms with E-state index in [2.05, 4.69) is 5.32 Å². The smallest absolute Gasteiger partial charge is 0.394 e. The highest BCUT2D eigenvalue weighted by Gasteiger charge is 2.30. The van der Waals surface area contributed by atoms with Crippen LogP contribution in [0.3, 0.4) is 0 Å². The van der Waals surface area contributed by atoms with Crippen LogP contribution in [0.5, 0.6) is 0 Å². The van der Waals surface area contributed by atoms with Gasteiger partial charge in [0.1, 0.15) is 0 Å². The number of benzene rings is 1. The van der Waals surface area contributed by atoms with Gasteiger partial charge in [-0.05, 0) is 37.6 Å². The minimum Gasteiger partial charge on any atom is -0.394 e. The number of aliphatic hydroxyl groups excluding tert-OH is 1. The van der Waals surface area contributed by atoms with Crippen molar-refractivity contribution in [2.24, 2.45) is 0 Å². The first kappa shape index (κ1) is 15.5. The molecule has 19 heavy (non-hydrogen) atoms. The molecule has 0 aromatic heterocycles. The monoisotopic (exact) mass is 275 g/mol. The zero-order valence-electron chi connectivity index (χ0n) is 10.7. The Labute approximate surface area is 109 Å². The van der Waals surface area contributed by atoms with E-state index in [-0.39, 0.29) is 12.2 Å². The Morgan fingerprint density at radius 2 is 1.79 bits per heavy atom. The Morgan fingerprint density at radius 1 is 1.26 bits per heavy atom. The third-order valence-electron chi connectivity index (χ3n) is 3.02. The zero-order chi connectivity index (χ0) is 14.7. The summed E-state index contributed by atoms with van der Waals surface area (Å²) in [5, 5.41) is 11.8. The number of amides is 1. The van der Waals surface area contributed by atoms with Gasteiger partial charge in [-0.2, -0.15) is 13.2 Å². The van der Waals surface area contributed by atoms with Crippen molar-refractivity contribution in [1.82, 2.24) is 5.32 Å². The number of alkyl halides is 3. The number of halogens is 3. The Bertz CT molecular complexity index is 436. The van der Waals surface area contributed by atoms with E-state index in [0.717, 1.165) is 24.3 Å². The maximum Gasteiger partial charge on any atom is 0.416 e. The number of carbonyl (C=O) groups is 1. The summed E-state index contributed by atoms with van der Waals surface area (Å²) in [7, 11) is 0. The van der Waals surface area contributed by atoms with Gasteiger partial charge >= 0.3 is 6.18 Å². The van der Waals surface area contributed by atoms with Crippen molar-refractivity contribution in [3.63, 3.8) is 0 Å². The molecule has 0 bridgehead atoms. The van der Waals surface area contributed by atoms with Gasteiger partial charge in [-0.1, -0.05) is 6.92 Å². The molecule has 1 atom stereocenters. The molecular formula is C13H16F3NO2. The highest BCUT2D eigenvalue weighted by molar-refractivity contribution is 5.94. The van der Waals surface area contributed by atoms with Crippen LogP contribution in [0.2, 0.25) is 0 Å². The lowest BCUT2D eigenvalue weighted by Gasteiger charge is -2.27. The van der Waals surface area contributed by atoms with Crippen molar-refractivity contribution < 1.29 is 23.1 Å². The molecule has 0 saturated carbocycles. The molecule has 2 N–H and O–H groups in total. The summed E-state index contributed by atoms with van der Waals surface area (Å²) >= 11 is 0. The number of hydrogen-bond donors (Lipinski definition) is 2. The highest BCUT2D eigenvalue weighted by atomic mass is 19.4. The second kappa shape index (κ2) is 5.61. The molecule has 0 aliphatic rings. The Balaban J connectivity index is 2.85. The third kappa shape index (κ3) is 3.96. The molecule has 1 aromatic rings. The van der Waals surface area contributed by atoms with E-state index in [1.807, 2.05) is 0 Å². The van der Waals surface area contributed by atoms with Crippen molar-refractivity contribution in [2.75, 3.05) is 6.61 Å². The maximum absolute atomic E-state index is 12.4. The molecule has 0 aliphatic heterocycles. The SMILES string of the molecule is CCC(C)(CO)NC(=O)c1ccc(C(F)(F)F)cc1. The van der Waals surface area contributed by atoms with Crippen molar-refractivity contribution in [1.29, 1.82) is 0 Å². The lowest BCUT2D eigenvalue weighted by molar-refractivity contribution is -0.137. The van der Waals surface area contributed by atoms with Crippen LogP contribution in [0.25, 0.3) is 0 Å². The van der Waals surface area contributed by atoms with Crippen LogP contribution in [0.15, 0.2) is 24.3 Å². The fourth-order valence-electron chi connectivity index (χ4n) is 1.40. The summed E-state index contributed by atoms with van der Waals surface area (Å²) in [4.78, 5) is 11.8. The van der Waals surface area contributed by atoms with E-state index in [9.17, 15) is 18.0 Å². The summed E-state index contributed by atoms with van der Waals surface area (Å²) in [5.74, 6) is -0.507. The largest absolute Gasteiger partial charge is 0.416 e. The van der Waals surface area contributed by atoms with E-state index in [1.165, 1.54) is 0 Å². The number of aliphatic hydroxyl groups is 1. The normalized spacial score (nSPS) is 14.8. The summed E-state index contributed by atoms with van der Waals surface area (Å²) in [6.07, 6.45) is -3.91. The first-order chi connectivity index (χ1) is 8.72. The molecule has 1 aromatic carbocycles. The lowest BCUT2D eigenvalue weighted by atomic mass is 9.99. The highest BCUT2D eigenvalue weighted by Crippen LogP contribution is 2.29. The van der Waals surface area contributed by atoms with Crippen LogP contribution < -0.4 is 5.32 Å². The van der Waals surface area contributed by atoms with Crippen LogP contribution in [0, 0.1) is 0 Å². The van der Waals surface area contributed by atoms with Crippen LogP contribution >= 0.6 is 0 Å². The predicted molar refractivity (Wildman–Crippen MR) is 64.7 cm³/mol. The Hall–Kier alpha value is -1.56. The fourth-order valence-corrected chi connectivity index (χ4v) is 1.40. The van der Waals surface area contributed by atoms with E-state index in [4.69, 9.17) is 5.11 Å². The van der Waals surface area contributed by atoms with E-state index in [0.29, 0.717) is 6.42 Å². The van der Waals surface area contributed by atoms with Gasteiger partial charge < -0.3 is 10.4 Å². The standard InChI is InChI=1S/C13H16F3NO2/c1-3-12(2,8-18)17-11(19)9-4-6-10(7-5-9)13(14,15)16/h4-7,18H,3,8H2,1-2H3,(H,17,19). The van der Waals surface area contributed by atoms with Gasteiger partial charge in [-0.15, -0.1) is 0 Å². The number of nitrogens with one attached hydrogen (secondary N) is 1. The molecule has 106 valence electrons. The molecule has 3 nitrogen and oxygen atoms in total. The average molecular weight is 275 g/mol. The molecule has 1 amide bonds. The quantitative estimate of drug-likeness (QED) is 0.887. The number of carbonyl (C=O) groups excluding carboxylic acids is 1. The number of hydrogen-bond acceptors (Lipinski definition) is 2. The first-order valence-electron chi connectivity index (χ1n) is 5.82. The molecule has 6 heteroatoms. The minimum atomic E-state index is -4.42. The van der Waals surface area contributed by atoms with Crippen LogP contribution in [0.1, 0.15) is 36.2 Å². The predicted octanol–water partition coefficient (Wildman–Crippen LogP) is 2.60. The third-order valence-corrected chi connectivity index (χ3v) is 3.02. The molecule has 1 unspecified atom stereocenters. The fraction of sp³-hybridized carbons (Fsp3) is 0.462. The van der Waals surface area contributed by atoms with E-state index < -0.39 is 23.2 Å². The summed E-state index contributed by atoms with van der Waals surface area (Å²) in [6.45, 7) is 3.22. The number of rotatable bonds is 4. The van der Waals surface area contributed by atoms with Crippen LogP contribution in [-0.4, -0.2) is 23.2 Å². The molecule has 0 saturated heterocycles. The topological polar surface area (TPSA) is 49.3 Å². The van der Waals surface area contributed by atoms with E-state index >= 15 is 0 Å². The molecule has 0 heterocycles. The summed E-state index contributed by atoms with van der Waals surface area (Å²) in [5.41, 5.74) is -1.45. The van der Waals surface area contributed by atoms with Crippen molar-refractivity contribution >= 4 is 5.91 Å². The van der Waals surface area contributed by atoms with Crippen LogP contribution in [-0.2, 0) is 6.18 Å². The Kier molecular flexibility index (Phi) is 4.57. The Morgan fingerprint density at radius 3 is 2.16 bits per heavy atom. The molecule has 0 radical (unpaired) electrons. The minimum absolute atomic E-state index is 0.126. The van der Waals surface area contributed by atoms with E-state index in [1.54, 1.807) is 13.8 Å². The van der Waals surface area contributed by atoms with Crippen LogP contribution in [0.4, 0.5) is 13.2 Å².